The Morgan fingerprint density at radius 3 is 2.73 bits per heavy atom. The van der Waals surface area contributed by atoms with Crippen molar-refractivity contribution in [2.24, 2.45) is 5.73 Å². The van der Waals surface area contributed by atoms with Gasteiger partial charge in [-0.1, -0.05) is 13.0 Å². The lowest BCUT2D eigenvalue weighted by Gasteiger charge is -2.15. The Hall–Kier alpha value is -1.03. The molecule has 0 spiro atoms. The second kappa shape index (κ2) is 5.16. The minimum atomic E-state index is -0.566. The Bertz CT molecular complexity index is 366. The number of carbonyl (C=O) groups is 1. The highest BCUT2D eigenvalue weighted by Crippen LogP contribution is 2.26. The van der Waals surface area contributed by atoms with Crippen LogP contribution in [-0.2, 0) is 4.79 Å². The first-order valence-electron chi connectivity index (χ1n) is 4.76. The lowest BCUT2D eigenvalue weighted by molar-refractivity contribution is -0.124. The SMILES string of the molecule is CCC(Oc1ccc(C)cc1Br)C(N)=O. The summed E-state index contributed by atoms with van der Waals surface area (Å²) in [4.78, 5) is 11.0. The molecule has 4 heteroatoms. The largest absolute Gasteiger partial charge is 0.479 e. The number of aryl methyl sites for hydroxylation is 1. The molecule has 3 nitrogen and oxygen atoms in total. The molecular formula is C11H14BrNO2. The molecule has 2 N–H and O–H groups in total. The Morgan fingerprint density at radius 2 is 2.27 bits per heavy atom. The van der Waals surface area contributed by atoms with E-state index >= 15 is 0 Å². The van der Waals surface area contributed by atoms with Crippen molar-refractivity contribution in [2.45, 2.75) is 26.4 Å². The monoisotopic (exact) mass is 271 g/mol. The maximum Gasteiger partial charge on any atom is 0.258 e. The number of ether oxygens (including phenoxy) is 1. The molecule has 0 aliphatic rings. The van der Waals surface area contributed by atoms with Gasteiger partial charge in [0.15, 0.2) is 6.10 Å². The zero-order valence-corrected chi connectivity index (χ0v) is 10.4. The lowest BCUT2D eigenvalue weighted by Crippen LogP contribution is -2.33. The van der Waals surface area contributed by atoms with Crippen molar-refractivity contribution in [1.29, 1.82) is 0 Å². The predicted octanol–water partition coefficient (Wildman–Crippen LogP) is 2.40. The molecule has 0 aliphatic carbocycles. The summed E-state index contributed by atoms with van der Waals surface area (Å²) in [5, 5.41) is 0. The third-order valence-electron chi connectivity index (χ3n) is 2.04. The van der Waals surface area contributed by atoms with Gasteiger partial charge in [-0.15, -0.1) is 0 Å². The maximum atomic E-state index is 11.0. The van der Waals surface area contributed by atoms with Crippen LogP contribution in [0.15, 0.2) is 22.7 Å². The maximum absolute atomic E-state index is 11.0. The Morgan fingerprint density at radius 1 is 1.60 bits per heavy atom. The van der Waals surface area contributed by atoms with E-state index in [0.29, 0.717) is 12.2 Å². The lowest BCUT2D eigenvalue weighted by atomic mass is 10.2. The molecule has 82 valence electrons. The predicted molar refractivity (Wildman–Crippen MR) is 62.8 cm³/mol. The first kappa shape index (κ1) is 12.0. The van der Waals surface area contributed by atoms with Crippen molar-refractivity contribution >= 4 is 21.8 Å². The van der Waals surface area contributed by atoms with E-state index in [1.807, 2.05) is 32.0 Å². The molecule has 0 aromatic heterocycles. The van der Waals surface area contributed by atoms with E-state index in [-0.39, 0.29) is 0 Å². The van der Waals surface area contributed by atoms with Crippen molar-refractivity contribution < 1.29 is 9.53 Å². The fraction of sp³-hybridized carbons (Fsp3) is 0.364. The van der Waals surface area contributed by atoms with Crippen molar-refractivity contribution in [1.82, 2.24) is 0 Å². The fourth-order valence-corrected chi connectivity index (χ4v) is 1.78. The number of hydrogen-bond acceptors (Lipinski definition) is 2. The van der Waals surface area contributed by atoms with Gasteiger partial charge in [0.2, 0.25) is 0 Å². The van der Waals surface area contributed by atoms with Crippen LogP contribution in [-0.4, -0.2) is 12.0 Å². The molecule has 15 heavy (non-hydrogen) atoms. The second-order valence-electron chi connectivity index (χ2n) is 3.35. The van der Waals surface area contributed by atoms with Crippen LogP contribution in [0.25, 0.3) is 0 Å². The molecule has 1 aromatic carbocycles. The molecule has 0 bridgehead atoms. The number of rotatable bonds is 4. The second-order valence-corrected chi connectivity index (χ2v) is 4.21. The fourth-order valence-electron chi connectivity index (χ4n) is 1.20. The molecule has 0 fully saturated rings. The van der Waals surface area contributed by atoms with Gasteiger partial charge in [-0.05, 0) is 47.0 Å². The van der Waals surface area contributed by atoms with Gasteiger partial charge in [-0.3, -0.25) is 4.79 Å². The molecular weight excluding hydrogens is 258 g/mol. The summed E-state index contributed by atoms with van der Waals surface area (Å²) >= 11 is 3.38. The van der Waals surface area contributed by atoms with Crippen LogP contribution in [0.4, 0.5) is 0 Å². The third-order valence-corrected chi connectivity index (χ3v) is 2.66. The number of amides is 1. The summed E-state index contributed by atoms with van der Waals surface area (Å²) < 4.78 is 6.32. The van der Waals surface area contributed by atoms with Crippen LogP contribution in [0.1, 0.15) is 18.9 Å². The summed E-state index contributed by atoms with van der Waals surface area (Å²) in [5.74, 6) is 0.205. The Kier molecular flexibility index (Phi) is 4.15. The van der Waals surface area contributed by atoms with E-state index in [4.69, 9.17) is 10.5 Å². The van der Waals surface area contributed by atoms with Gasteiger partial charge in [-0.25, -0.2) is 0 Å². The van der Waals surface area contributed by atoms with Crippen molar-refractivity contribution in [2.75, 3.05) is 0 Å². The third kappa shape index (κ3) is 3.23. The van der Waals surface area contributed by atoms with Gasteiger partial charge in [-0.2, -0.15) is 0 Å². The highest BCUT2D eigenvalue weighted by Gasteiger charge is 2.15. The van der Waals surface area contributed by atoms with Crippen LogP contribution in [0.5, 0.6) is 5.75 Å². The number of carbonyl (C=O) groups excluding carboxylic acids is 1. The molecule has 1 amide bonds. The van der Waals surface area contributed by atoms with Gasteiger partial charge in [0.05, 0.1) is 4.47 Å². The van der Waals surface area contributed by atoms with Crippen LogP contribution < -0.4 is 10.5 Å². The van der Waals surface area contributed by atoms with E-state index in [9.17, 15) is 4.79 Å². The molecule has 1 atom stereocenters. The van der Waals surface area contributed by atoms with Crippen molar-refractivity contribution in [3.8, 4) is 5.75 Å². The summed E-state index contributed by atoms with van der Waals surface area (Å²) in [6.45, 7) is 3.84. The van der Waals surface area contributed by atoms with Crippen LogP contribution >= 0.6 is 15.9 Å². The summed E-state index contributed by atoms with van der Waals surface area (Å²) in [6, 6.07) is 5.68. The number of halogens is 1. The average molecular weight is 272 g/mol. The zero-order chi connectivity index (χ0) is 11.4. The van der Waals surface area contributed by atoms with Crippen LogP contribution in [0.3, 0.4) is 0 Å². The first-order valence-corrected chi connectivity index (χ1v) is 5.56. The standard InChI is InChI=1S/C11H14BrNO2/c1-3-9(11(13)14)15-10-5-4-7(2)6-8(10)12/h4-6,9H,3H2,1-2H3,(H2,13,14). The number of primary amides is 1. The van der Waals surface area contributed by atoms with E-state index in [2.05, 4.69) is 15.9 Å². The number of nitrogens with two attached hydrogens (primary N) is 1. The summed E-state index contributed by atoms with van der Waals surface area (Å²) in [6.07, 6.45) is -0.000606. The molecule has 0 radical (unpaired) electrons. The topological polar surface area (TPSA) is 52.3 Å². The molecule has 0 aliphatic heterocycles. The van der Waals surface area contributed by atoms with Crippen molar-refractivity contribution in [3.63, 3.8) is 0 Å². The highest BCUT2D eigenvalue weighted by molar-refractivity contribution is 9.10. The van der Waals surface area contributed by atoms with Gasteiger partial charge in [0.1, 0.15) is 5.75 Å². The van der Waals surface area contributed by atoms with Gasteiger partial charge in [0.25, 0.3) is 5.91 Å². The summed E-state index contributed by atoms with van der Waals surface area (Å²) in [5.41, 5.74) is 6.32. The average Bonchev–Trinajstić information content (AvgIpc) is 2.16. The van der Waals surface area contributed by atoms with Gasteiger partial charge in [0, 0.05) is 0 Å². The quantitative estimate of drug-likeness (QED) is 0.915. The van der Waals surface area contributed by atoms with Crippen LogP contribution in [0.2, 0.25) is 0 Å². The zero-order valence-electron chi connectivity index (χ0n) is 8.79. The van der Waals surface area contributed by atoms with E-state index < -0.39 is 12.0 Å². The van der Waals surface area contributed by atoms with E-state index in [0.717, 1.165) is 10.0 Å². The Labute approximate surface area is 97.7 Å². The van der Waals surface area contributed by atoms with Gasteiger partial charge >= 0.3 is 0 Å². The number of benzene rings is 1. The highest BCUT2D eigenvalue weighted by atomic mass is 79.9. The molecule has 1 rings (SSSR count). The molecule has 1 unspecified atom stereocenters. The normalized spacial score (nSPS) is 12.2. The first-order chi connectivity index (χ1) is 7.04. The van der Waals surface area contributed by atoms with E-state index in [1.54, 1.807) is 0 Å². The minimum Gasteiger partial charge on any atom is -0.479 e. The molecule has 0 heterocycles. The van der Waals surface area contributed by atoms with Crippen LogP contribution in [0, 0.1) is 6.92 Å². The molecule has 0 saturated heterocycles. The number of hydrogen-bond donors (Lipinski definition) is 1. The minimum absolute atomic E-state index is 0.440. The molecule has 0 saturated carbocycles. The smallest absolute Gasteiger partial charge is 0.258 e. The molecule has 1 aromatic rings. The van der Waals surface area contributed by atoms with Crippen molar-refractivity contribution in [3.05, 3.63) is 28.2 Å². The van der Waals surface area contributed by atoms with E-state index in [1.165, 1.54) is 0 Å². The van der Waals surface area contributed by atoms with Gasteiger partial charge < -0.3 is 10.5 Å². The Balaban J connectivity index is 2.84. The summed E-state index contributed by atoms with van der Waals surface area (Å²) in [7, 11) is 0.